The van der Waals surface area contributed by atoms with Crippen molar-refractivity contribution in [3.8, 4) is 0 Å². The third-order valence-corrected chi connectivity index (χ3v) is 4.17. The van der Waals surface area contributed by atoms with Crippen LogP contribution in [0.3, 0.4) is 0 Å². The van der Waals surface area contributed by atoms with Gasteiger partial charge in [-0.05, 0) is 36.5 Å². The summed E-state index contributed by atoms with van der Waals surface area (Å²) in [6.07, 6.45) is 2.41. The van der Waals surface area contributed by atoms with Crippen LogP contribution in [-0.4, -0.2) is 11.1 Å². The Morgan fingerprint density at radius 2 is 1.75 bits per heavy atom. The molecule has 0 aromatic carbocycles. The van der Waals surface area contributed by atoms with Crippen LogP contribution < -0.4 is 0 Å². The van der Waals surface area contributed by atoms with Crippen LogP contribution in [0, 0.1) is 29.6 Å². The maximum absolute atomic E-state index is 10.9. The van der Waals surface area contributed by atoms with E-state index < -0.39 is 5.97 Å². The number of carbonyl (C=O) groups is 1. The first-order chi connectivity index (χ1) is 5.63. The Bertz CT molecular complexity index is 212. The zero-order chi connectivity index (χ0) is 8.88. The Morgan fingerprint density at radius 3 is 2.08 bits per heavy atom. The molecule has 2 aliphatic carbocycles. The first-order valence-electron chi connectivity index (χ1n) is 4.85. The van der Waals surface area contributed by atoms with Crippen LogP contribution in [0.25, 0.3) is 0 Å². The molecule has 0 aliphatic heterocycles. The molecule has 0 radical (unpaired) electrons. The highest BCUT2D eigenvalue weighted by Crippen LogP contribution is 2.55. The van der Waals surface area contributed by atoms with Gasteiger partial charge in [-0.3, -0.25) is 4.79 Å². The van der Waals surface area contributed by atoms with Gasteiger partial charge in [0.05, 0.1) is 5.92 Å². The van der Waals surface area contributed by atoms with Crippen molar-refractivity contribution in [3.63, 3.8) is 0 Å². The molecule has 0 heterocycles. The van der Waals surface area contributed by atoms with E-state index in [0.717, 1.165) is 6.42 Å². The van der Waals surface area contributed by atoms with Crippen molar-refractivity contribution in [1.29, 1.82) is 0 Å². The van der Waals surface area contributed by atoms with E-state index in [1.807, 2.05) is 0 Å². The van der Waals surface area contributed by atoms with Crippen molar-refractivity contribution in [1.82, 2.24) is 0 Å². The summed E-state index contributed by atoms with van der Waals surface area (Å²) in [4.78, 5) is 10.9. The summed E-state index contributed by atoms with van der Waals surface area (Å²) in [6.45, 7) is 4.33. The van der Waals surface area contributed by atoms with Crippen molar-refractivity contribution in [3.05, 3.63) is 0 Å². The first kappa shape index (κ1) is 8.09. The van der Waals surface area contributed by atoms with Gasteiger partial charge in [-0.1, -0.05) is 13.8 Å². The number of hydrogen-bond acceptors (Lipinski definition) is 1. The van der Waals surface area contributed by atoms with Gasteiger partial charge < -0.3 is 5.11 Å². The van der Waals surface area contributed by atoms with Crippen molar-refractivity contribution < 1.29 is 9.90 Å². The number of carboxylic acid groups (broad SMARTS) is 1. The molecule has 2 rings (SSSR count). The average Bonchev–Trinajstić information content (AvgIpc) is 2.43. The third kappa shape index (κ3) is 0.838. The molecule has 0 aromatic heterocycles. The molecule has 2 bridgehead atoms. The normalized spacial score (nSPS) is 51.3. The molecule has 2 fully saturated rings. The second-order valence-corrected chi connectivity index (χ2v) is 4.49. The van der Waals surface area contributed by atoms with Crippen LogP contribution in [0.1, 0.15) is 26.7 Å². The highest BCUT2D eigenvalue weighted by atomic mass is 16.4. The number of hydrogen-bond donors (Lipinski definition) is 1. The largest absolute Gasteiger partial charge is 0.481 e. The summed E-state index contributed by atoms with van der Waals surface area (Å²) in [5.41, 5.74) is 0. The van der Waals surface area contributed by atoms with E-state index in [4.69, 9.17) is 5.11 Å². The summed E-state index contributed by atoms with van der Waals surface area (Å²) in [6, 6.07) is 0. The van der Waals surface area contributed by atoms with E-state index in [1.165, 1.54) is 6.42 Å². The molecular weight excluding hydrogens is 152 g/mol. The highest BCUT2D eigenvalue weighted by molar-refractivity contribution is 5.71. The van der Waals surface area contributed by atoms with Crippen LogP contribution in [-0.2, 0) is 4.79 Å². The lowest BCUT2D eigenvalue weighted by Gasteiger charge is -2.23. The number of rotatable bonds is 1. The van der Waals surface area contributed by atoms with Crippen molar-refractivity contribution in [2.45, 2.75) is 26.7 Å². The fraction of sp³-hybridized carbons (Fsp3) is 0.900. The SMILES string of the molecule is CC1C2CCC1[C@@H](C)C2C(=O)O. The molecule has 2 heteroatoms. The number of aliphatic carboxylic acids is 1. The van der Waals surface area contributed by atoms with Crippen molar-refractivity contribution >= 4 is 5.97 Å². The van der Waals surface area contributed by atoms with Gasteiger partial charge in [0.15, 0.2) is 0 Å². The average molecular weight is 168 g/mol. The number of fused-ring (bicyclic) bond motifs is 2. The topological polar surface area (TPSA) is 37.3 Å². The van der Waals surface area contributed by atoms with Crippen LogP contribution in [0.2, 0.25) is 0 Å². The van der Waals surface area contributed by atoms with E-state index in [-0.39, 0.29) is 5.92 Å². The van der Waals surface area contributed by atoms with Gasteiger partial charge in [0.2, 0.25) is 0 Å². The zero-order valence-corrected chi connectivity index (χ0v) is 7.66. The highest BCUT2D eigenvalue weighted by Gasteiger charge is 2.53. The molecule has 1 N–H and O–H groups in total. The summed E-state index contributed by atoms with van der Waals surface area (Å²) in [5.74, 6) is 1.62. The molecule has 0 aromatic rings. The van der Waals surface area contributed by atoms with E-state index in [0.29, 0.717) is 23.7 Å². The molecule has 12 heavy (non-hydrogen) atoms. The lowest BCUT2D eigenvalue weighted by Crippen LogP contribution is -2.27. The number of carboxylic acids is 1. The van der Waals surface area contributed by atoms with Crippen molar-refractivity contribution in [2.75, 3.05) is 0 Å². The molecular formula is C10H16O2. The molecule has 0 spiro atoms. The quantitative estimate of drug-likeness (QED) is 0.650. The Kier molecular flexibility index (Phi) is 1.67. The van der Waals surface area contributed by atoms with Gasteiger partial charge in [0, 0.05) is 0 Å². The molecule has 68 valence electrons. The van der Waals surface area contributed by atoms with Crippen LogP contribution in [0.5, 0.6) is 0 Å². The second-order valence-electron chi connectivity index (χ2n) is 4.49. The summed E-state index contributed by atoms with van der Waals surface area (Å²) in [5, 5.41) is 9.02. The van der Waals surface area contributed by atoms with Gasteiger partial charge in [0.1, 0.15) is 0 Å². The lowest BCUT2D eigenvalue weighted by molar-refractivity contribution is -0.145. The van der Waals surface area contributed by atoms with E-state index in [9.17, 15) is 4.79 Å². The third-order valence-electron chi connectivity index (χ3n) is 4.17. The fourth-order valence-electron chi connectivity index (χ4n) is 3.54. The molecule has 5 atom stereocenters. The summed E-state index contributed by atoms with van der Waals surface area (Å²) < 4.78 is 0. The van der Waals surface area contributed by atoms with Gasteiger partial charge in [-0.2, -0.15) is 0 Å². The smallest absolute Gasteiger partial charge is 0.307 e. The van der Waals surface area contributed by atoms with Gasteiger partial charge in [-0.25, -0.2) is 0 Å². The predicted octanol–water partition coefficient (Wildman–Crippen LogP) is 2.00. The molecule has 2 nitrogen and oxygen atoms in total. The monoisotopic (exact) mass is 168 g/mol. The Morgan fingerprint density at radius 1 is 1.17 bits per heavy atom. The van der Waals surface area contributed by atoms with E-state index in [1.54, 1.807) is 0 Å². The maximum atomic E-state index is 10.9. The maximum Gasteiger partial charge on any atom is 0.307 e. The van der Waals surface area contributed by atoms with Crippen LogP contribution >= 0.6 is 0 Å². The van der Waals surface area contributed by atoms with Crippen LogP contribution in [0.15, 0.2) is 0 Å². The lowest BCUT2D eigenvalue weighted by atomic mass is 9.81. The molecule has 0 amide bonds. The summed E-state index contributed by atoms with van der Waals surface area (Å²) in [7, 11) is 0. The van der Waals surface area contributed by atoms with Gasteiger partial charge in [-0.15, -0.1) is 0 Å². The van der Waals surface area contributed by atoms with Crippen LogP contribution in [0.4, 0.5) is 0 Å². The summed E-state index contributed by atoms with van der Waals surface area (Å²) >= 11 is 0. The van der Waals surface area contributed by atoms with E-state index in [2.05, 4.69) is 13.8 Å². The van der Waals surface area contributed by atoms with Gasteiger partial charge >= 0.3 is 5.97 Å². The molecule has 4 unspecified atom stereocenters. The molecule has 2 aliphatic rings. The minimum Gasteiger partial charge on any atom is -0.481 e. The second kappa shape index (κ2) is 2.48. The Balaban J connectivity index is 2.23. The predicted molar refractivity (Wildman–Crippen MR) is 45.7 cm³/mol. The molecule has 2 saturated carbocycles. The van der Waals surface area contributed by atoms with E-state index >= 15 is 0 Å². The first-order valence-corrected chi connectivity index (χ1v) is 4.85. The minimum atomic E-state index is -0.568. The van der Waals surface area contributed by atoms with Gasteiger partial charge in [0.25, 0.3) is 0 Å². The molecule has 0 saturated heterocycles. The Labute approximate surface area is 73.0 Å². The Hall–Kier alpha value is -0.530. The zero-order valence-electron chi connectivity index (χ0n) is 7.66. The fourth-order valence-corrected chi connectivity index (χ4v) is 3.54. The standard InChI is InChI=1S/C10H16O2/c1-5-7-3-4-8(5)9(6(7)2)10(11)12/h5-9H,3-4H2,1-2H3,(H,11,12)/t5?,6-,7?,8?,9?/m1/s1. The minimum absolute atomic E-state index is 0.0428. The van der Waals surface area contributed by atoms with Crippen molar-refractivity contribution in [2.24, 2.45) is 29.6 Å².